The van der Waals surface area contributed by atoms with Crippen LogP contribution in [0.3, 0.4) is 0 Å². The van der Waals surface area contributed by atoms with Crippen molar-refractivity contribution in [1.29, 1.82) is 0 Å². The fraction of sp³-hybridized carbons (Fsp3) is 0.316. The van der Waals surface area contributed by atoms with E-state index < -0.39 is 0 Å². The summed E-state index contributed by atoms with van der Waals surface area (Å²) in [5.41, 5.74) is 10.1. The molecule has 8 heteroatoms. The molecular formula is C19H20N6OS. The molecule has 7 nitrogen and oxygen atoms in total. The van der Waals surface area contributed by atoms with Crippen LogP contribution in [0.2, 0.25) is 0 Å². The van der Waals surface area contributed by atoms with Gasteiger partial charge in [-0.25, -0.2) is 9.97 Å². The van der Waals surface area contributed by atoms with Crippen LogP contribution in [-0.4, -0.2) is 45.0 Å². The van der Waals surface area contributed by atoms with Crippen LogP contribution in [0.25, 0.3) is 33.5 Å². The van der Waals surface area contributed by atoms with Gasteiger partial charge in [-0.15, -0.1) is 11.3 Å². The lowest BCUT2D eigenvalue weighted by molar-refractivity contribution is 0.253. The third-order valence-electron chi connectivity index (χ3n) is 5.43. The number of anilines is 1. The molecule has 4 aromatic rings. The number of hydrogen-bond donors (Lipinski definition) is 3. The number of pyridine rings is 2. The van der Waals surface area contributed by atoms with E-state index in [0.29, 0.717) is 28.6 Å². The van der Waals surface area contributed by atoms with Gasteiger partial charge < -0.3 is 20.6 Å². The highest BCUT2D eigenvalue weighted by Gasteiger charge is 2.21. The van der Waals surface area contributed by atoms with Crippen molar-refractivity contribution in [3.8, 4) is 11.4 Å². The van der Waals surface area contributed by atoms with Gasteiger partial charge in [0, 0.05) is 27.8 Å². The molecule has 4 N–H and O–H groups in total. The molecule has 0 aromatic carbocycles. The number of fused-ring (bicyclic) bond motifs is 2. The quantitative estimate of drug-likeness (QED) is 0.496. The summed E-state index contributed by atoms with van der Waals surface area (Å²) in [5, 5.41) is 4.66. The zero-order valence-electron chi connectivity index (χ0n) is 15.0. The second-order valence-corrected chi connectivity index (χ2v) is 7.95. The molecule has 1 aliphatic heterocycles. The number of aromatic amines is 2. The second kappa shape index (κ2) is 6.17. The Balaban J connectivity index is 1.58. The van der Waals surface area contributed by atoms with Crippen molar-refractivity contribution in [2.24, 2.45) is 0 Å². The fourth-order valence-electron chi connectivity index (χ4n) is 3.84. The summed E-state index contributed by atoms with van der Waals surface area (Å²) in [7, 11) is 2.15. The lowest BCUT2D eigenvalue weighted by Gasteiger charge is -2.28. The van der Waals surface area contributed by atoms with Crippen molar-refractivity contribution >= 4 is 39.1 Å². The average molecular weight is 380 g/mol. The van der Waals surface area contributed by atoms with Gasteiger partial charge in [-0.2, -0.15) is 0 Å². The first-order valence-electron chi connectivity index (χ1n) is 9.03. The number of rotatable bonds is 2. The number of likely N-dealkylation sites (tertiary alicyclic amines) is 1. The molecule has 0 spiro atoms. The minimum absolute atomic E-state index is 0.243. The first-order chi connectivity index (χ1) is 13.1. The number of nitrogens with two attached hydrogens (primary N) is 1. The van der Waals surface area contributed by atoms with Crippen LogP contribution in [0.15, 0.2) is 27.7 Å². The highest BCUT2D eigenvalue weighted by atomic mass is 32.1. The van der Waals surface area contributed by atoms with Crippen LogP contribution in [0.4, 0.5) is 5.69 Å². The van der Waals surface area contributed by atoms with E-state index in [9.17, 15) is 4.79 Å². The predicted octanol–water partition coefficient (Wildman–Crippen LogP) is 2.92. The van der Waals surface area contributed by atoms with Gasteiger partial charge in [0.1, 0.15) is 16.9 Å². The summed E-state index contributed by atoms with van der Waals surface area (Å²) in [6, 6.07) is 4.03. The van der Waals surface area contributed by atoms with E-state index in [4.69, 9.17) is 10.7 Å². The zero-order valence-corrected chi connectivity index (χ0v) is 15.8. The lowest BCUT2D eigenvalue weighted by atomic mass is 9.93. The van der Waals surface area contributed by atoms with Crippen LogP contribution in [-0.2, 0) is 0 Å². The molecule has 27 heavy (non-hydrogen) atoms. The van der Waals surface area contributed by atoms with Gasteiger partial charge in [0.05, 0.1) is 11.2 Å². The maximum Gasteiger partial charge on any atom is 0.261 e. The van der Waals surface area contributed by atoms with Gasteiger partial charge in [0.15, 0.2) is 5.65 Å². The van der Waals surface area contributed by atoms with E-state index >= 15 is 0 Å². The average Bonchev–Trinajstić information content (AvgIpc) is 3.28. The van der Waals surface area contributed by atoms with E-state index in [-0.39, 0.29) is 5.56 Å². The molecule has 4 aromatic heterocycles. The minimum Gasteiger partial charge on any atom is -0.397 e. The molecule has 0 atom stereocenters. The fourth-order valence-corrected chi connectivity index (χ4v) is 4.62. The Bertz CT molecular complexity index is 1200. The Labute approximate surface area is 159 Å². The van der Waals surface area contributed by atoms with Crippen molar-refractivity contribution < 1.29 is 0 Å². The molecule has 1 saturated heterocycles. The maximum absolute atomic E-state index is 12.6. The first-order valence-corrected chi connectivity index (χ1v) is 9.97. The predicted molar refractivity (Wildman–Crippen MR) is 109 cm³/mol. The van der Waals surface area contributed by atoms with Crippen molar-refractivity contribution in [2.45, 2.75) is 18.8 Å². The van der Waals surface area contributed by atoms with Crippen LogP contribution < -0.4 is 11.3 Å². The van der Waals surface area contributed by atoms with Crippen molar-refractivity contribution in [1.82, 2.24) is 24.8 Å². The Morgan fingerprint density at radius 3 is 2.81 bits per heavy atom. The number of nitrogens with zero attached hydrogens (tertiary/aromatic N) is 3. The number of nitrogen functional groups attached to an aromatic ring is 1. The monoisotopic (exact) mass is 380 g/mol. The molecule has 138 valence electrons. The van der Waals surface area contributed by atoms with Crippen LogP contribution in [0.1, 0.15) is 24.5 Å². The van der Waals surface area contributed by atoms with Crippen LogP contribution >= 0.6 is 11.3 Å². The summed E-state index contributed by atoms with van der Waals surface area (Å²) in [4.78, 5) is 30.4. The van der Waals surface area contributed by atoms with Crippen molar-refractivity contribution in [3.05, 3.63) is 38.9 Å². The van der Waals surface area contributed by atoms with Gasteiger partial charge in [0.2, 0.25) is 0 Å². The smallest absolute Gasteiger partial charge is 0.261 e. The number of imidazole rings is 1. The Morgan fingerprint density at radius 2 is 2.00 bits per heavy atom. The molecule has 0 saturated carbocycles. The van der Waals surface area contributed by atoms with E-state index in [0.717, 1.165) is 48.0 Å². The molecule has 1 fully saturated rings. The number of nitrogens with one attached hydrogen (secondary N) is 2. The summed E-state index contributed by atoms with van der Waals surface area (Å²) in [5.74, 6) is 0.929. The van der Waals surface area contributed by atoms with E-state index in [1.165, 1.54) is 11.3 Å². The molecule has 0 aliphatic carbocycles. The van der Waals surface area contributed by atoms with Crippen LogP contribution in [0, 0.1) is 0 Å². The highest BCUT2D eigenvalue weighted by Crippen LogP contribution is 2.31. The summed E-state index contributed by atoms with van der Waals surface area (Å²) in [6.07, 6.45) is 2.22. The molecule has 5 heterocycles. The number of aromatic nitrogens is 4. The van der Waals surface area contributed by atoms with Crippen molar-refractivity contribution in [2.75, 3.05) is 25.9 Å². The molecule has 0 amide bonds. The molecule has 1 aliphatic rings. The molecule has 0 bridgehead atoms. The SMILES string of the molecule is CN1CCC(c2ccc3nc(-c4c(N)c5cscc5[nH]c4=O)[nH]c3n2)CC1. The molecule has 5 rings (SSSR count). The maximum atomic E-state index is 12.6. The summed E-state index contributed by atoms with van der Waals surface area (Å²) < 4.78 is 0. The standard InChI is InChI=1S/C19H20N6OS/c1-25-6-4-10(5-7-25)12-2-3-13-17(21-12)24-18(22-13)15-16(20)11-8-27-9-14(11)23-19(15)26/h2-3,8-10H,4-7,20H2,1H3,(H,23,26)(H,21,22,24). The number of hydrogen-bond acceptors (Lipinski definition) is 6. The van der Waals surface area contributed by atoms with E-state index in [1.807, 2.05) is 16.8 Å². The highest BCUT2D eigenvalue weighted by molar-refractivity contribution is 7.09. The Hall–Kier alpha value is -2.71. The normalized spacial score (nSPS) is 16.5. The van der Waals surface area contributed by atoms with Crippen molar-refractivity contribution in [3.63, 3.8) is 0 Å². The first kappa shape index (κ1) is 16.5. The second-order valence-electron chi connectivity index (χ2n) is 7.21. The molecule has 0 unspecified atom stereocenters. The number of H-pyrrole nitrogens is 2. The Morgan fingerprint density at radius 1 is 1.19 bits per heavy atom. The molecular weight excluding hydrogens is 360 g/mol. The summed E-state index contributed by atoms with van der Waals surface area (Å²) >= 11 is 1.51. The Kier molecular flexibility index (Phi) is 3.76. The summed E-state index contributed by atoms with van der Waals surface area (Å²) in [6.45, 7) is 2.18. The van der Waals surface area contributed by atoms with Gasteiger partial charge in [-0.3, -0.25) is 4.79 Å². The van der Waals surface area contributed by atoms with E-state index in [2.05, 4.69) is 33.0 Å². The lowest BCUT2D eigenvalue weighted by Crippen LogP contribution is -2.29. The van der Waals surface area contributed by atoms with Gasteiger partial charge in [0.25, 0.3) is 5.56 Å². The van der Waals surface area contributed by atoms with Gasteiger partial charge in [-0.1, -0.05) is 0 Å². The topological polar surface area (TPSA) is 104 Å². The van der Waals surface area contributed by atoms with Gasteiger partial charge in [-0.05, 0) is 45.1 Å². The minimum atomic E-state index is -0.243. The third-order valence-corrected chi connectivity index (χ3v) is 6.18. The largest absolute Gasteiger partial charge is 0.397 e. The third kappa shape index (κ3) is 2.72. The number of thiophene rings is 1. The molecule has 0 radical (unpaired) electrons. The van der Waals surface area contributed by atoms with Crippen LogP contribution in [0.5, 0.6) is 0 Å². The van der Waals surface area contributed by atoms with Gasteiger partial charge >= 0.3 is 0 Å². The number of piperidine rings is 1. The zero-order chi connectivity index (χ0) is 18.5. The van der Waals surface area contributed by atoms with E-state index in [1.54, 1.807) is 0 Å².